The summed E-state index contributed by atoms with van der Waals surface area (Å²) in [6.45, 7) is 5.23. The number of carbonyl (C=O) groups is 2. The van der Waals surface area contributed by atoms with E-state index in [0.717, 1.165) is 32.7 Å². The lowest BCUT2D eigenvalue weighted by Gasteiger charge is -2.35. The van der Waals surface area contributed by atoms with Gasteiger partial charge in [0.1, 0.15) is 5.82 Å². The van der Waals surface area contributed by atoms with Crippen molar-refractivity contribution in [3.8, 4) is 6.07 Å². The molecule has 0 bridgehead atoms. The number of benzene rings is 1. The Morgan fingerprint density at radius 2 is 2.00 bits per heavy atom. The van der Waals surface area contributed by atoms with Crippen molar-refractivity contribution in [3.63, 3.8) is 0 Å². The standard InChI is InChI=1S/C19H21N5O3/c1-13(25)21-14-3-4-17-15(11-14)16(19(26)27)12-18(22-17)24-9-7-23(8-10-24)6-2-5-20/h3-4,11-12H,2,6-10H2,1H3,(H,21,25)(H,26,27). The van der Waals surface area contributed by atoms with Gasteiger partial charge in [0.15, 0.2) is 0 Å². The van der Waals surface area contributed by atoms with Crippen molar-refractivity contribution >= 4 is 34.3 Å². The molecule has 0 atom stereocenters. The first-order chi connectivity index (χ1) is 13.0. The topological polar surface area (TPSA) is 110 Å². The van der Waals surface area contributed by atoms with Gasteiger partial charge in [0.25, 0.3) is 0 Å². The zero-order valence-corrected chi connectivity index (χ0v) is 15.1. The smallest absolute Gasteiger partial charge is 0.336 e. The summed E-state index contributed by atoms with van der Waals surface area (Å²) < 4.78 is 0. The number of rotatable bonds is 5. The van der Waals surface area contributed by atoms with Crippen molar-refractivity contribution in [2.45, 2.75) is 13.3 Å². The van der Waals surface area contributed by atoms with E-state index < -0.39 is 5.97 Å². The number of aromatic nitrogens is 1. The molecule has 1 aliphatic heterocycles. The average Bonchev–Trinajstić information content (AvgIpc) is 2.65. The van der Waals surface area contributed by atoms with Gasteiger partial charge in [0.05, 0.1) is 17.1 Å². The Hall–Kier alpha value is -3.18. The molecular weight excluding hydrogens is 346 g/mol. The highest BCUT2D eigenvalue weighted by Crippen LogP contribution is 2.26. The summed E-state index contributed by atoms with van der Waals surface area (Å²) in [6, 6.07) is 8.82. The van der Waals surface area contributed by atoms with E-state index in [2.05, 4.69) is 26.2 Å². The number of carboxylic acids is 1. The lowest BCUT2D eigenvalue weighted by Crippen LogP contribution is -2.46. The van der Waals surface area contributed by atoms with E-state index in [1.807, 2.05) is 0 Å². The number of piperazine rings is 1. The molecule has 1 amide bonds. The number of carbonyl (C=O) groups excluding carboxylic acids is 1. The third-order valence-corrected chi connectivity index (χ3v) is 4.58. The summed E-state index contributed by atoms with van der Waals surface area (Å²) in [6.07, 6.45) is 0.508. The van der Waals surface area contributed by atoms with Crippen molar-refractivity contribution < 1.29 is 14.7 Å². The molecule has 1 fully saturated rings. The number of fused-ring (bicyclic) bond motifs is 1. The van der Waals surface area contributed by atoms with Crippen LogP contribution in [0.5, 0.6) is 0 Å². The minimum absolute atomic E-state index is 0.161. The summed E-state index contributed by atoms with van der Waals surface area (Å²) in [5, 5.41) is 21.5. The Balaban J connectivity index is 1.88. The van der Waals surface area contributed by atoms with E-state index in [0.29, 0.717) is 28.8 Å². The Morgan fingerprint density at radius 3 is 2.63 bits per heavy atom. The largest absolute Gasteiger partial charge is 0.478 e. The van der Waals surface area contributed by atoms with Crippen LogP contribution in [0.4, 0.5) is 11.5 Å². The van der Waals surface area contributed by atoms with Crippen LogP contribution < -0.4 is 10.2 Å². The zero-order chi connectivity index (χ0) is 19.4. The molecular formula is C19H21N5O3. The second-order valence-corrected chi connectivity index (χ2v) is 6.48. The highest BCUT2D eigenvalue weighted by Gasteiger charge is 2.20. The second-order valence-electron chi connectivity index (χ2n) is 6.48. The molecule has 0 unspecified atom stereocenters. The lowest BCUT2D eigenvalue weighted by atomic mass is 10.1. The molecule has 2 aromatic rings. The normalized spacial score (nSPS) is 14.7. The molecule has 27 heavy (non-hydrogen) atoms. The van der Waals surface area contributed by atoms with Crippen LogP contribution in [-0.4, -0.2) is 59.6 Å². The molecule has 2 N–H and O–H groups in total. The molecule has 140 valence electrons. The summed E-state index contributed by atoms with van der Waals surface area (Å²) in [5.74, 6) is -0.617. The zero-order valence-electron chi connectivity index (χ0n) is 15.1. The van der Waals surface area contributed by atoms with Crippen LogP contribution >= 0.6 is 0 Å². The van der Waals surface area contributed by atoms with Crippen molar-refractivity contribution in [1.29, 1.82) is 5.26 Å². The summed E-state index contributed by atoms with van der Waals surface area (Å²) in [7, 11) is 0. The van der Waals surface area contributed by atoms with Gasteiger partial charge in [-0.1, -0.05) is 0 Å². The number of carboxylic acid groups (broad SMARTS) is 1. The van der Waals surface area contributed by atoms with Crippen molar-refractivity contribution in [2.75, 3.05) is 42.9 Å². The van der Waals surface area contributed by atoms with Gasteiger partial charge in [-0.3, -0.25) is 9.69 Å². The van der Waals surface area contributed by atoms with Crippen molar-refractivity contribution in [3.05, 3.63) is 29.8 Å². The Kier molecular flexibility index (Phi) is 5.52. The molecule has 0 spiro atoms. The van der Waals surface area contributed by atoms with E-state index in [1.165, 1.54) is 6.92 Å². The summed E-state index contributed by atoms with van der Waals surface area (Å²) in [4.78, 5) is 31.9. The number of hydrogen-bond donors (Lipinski definition) is 2. The first-order valence-electron chi connectivity index (χ1n) is 8.78. The fourth-order valence-corrected chi connectivity index (χ4v) is 3.24. The van der Waals surface area contributed by atoms with Gasteiger partial charge in [-0.2, -0.15) is 5.26 Å². The van der Waals surface area contributed by atoms with Gasteiger partial charge in [-0.05, 0) is 24.3 Å². The Morgan fingerprint density at radius 1 is 1.26 bits per heavy atom. The number of hydrogen-bond acceptors (Lipinski definition) is 6. The predicted octanol–water partition coefficient (Wildman–Crippen LogP) is 1.93. The van der Waals surface area contributed by atoms with Gasteiger partial charge < -0.3 is 15.3 Å². The number of nitrogens with zero attached hydrogens (tertiary/aromatic N) is 4. The van der Waals surface area contributed by atoms with Crippen LogP contribution in [0.1, 0.15) is 23.7 Å². The first kappa shape index (κ1) is 18.6. The second kappa shape index (κ2) is 8.01. The predicted molar refractivity (Wildman–Crippen MR) is 102 cm³/mol. The number of pyridine rings is 1. The van der Waals surface area contributed by atoms with E-state index in [9.17, 15) is 14.7 Å². The molecule has 8 nitrogen and oxygen atoms in total. The fraction of sp³-hybridized carbons (Fsp3) is 0.368. The lowest BCUT2D eigenvalue weighted by molar-refractivity contribution is -0.114. The van der Waals surface area contributed by atoms with Crippen LogP contribution in [0.2, 0.25) is 0 Å². The maximum Gasteiger partial charge on any atom is 0.336 e. The van der Waals surface area contributed by atoms with Gasteiger partial charge in [-0.25, -0.2) is 9.78 Å². The van der Waals surface area contributed by atoms with E-state index in [1.54, 1.807) is 24.3 Å². The van der Waals surface area contributed by atoms with Crippen molar-refractivity contribution in [1.82, 2.24) is 9.88 Å². The van der Waals surface area contributed by atoms with Gasteiger partial charge in [-0.15, -0.1) is 0 Å². The first-order valence-corrected chi connectivity index (χ1v) is 8.78. The molecule has 8 heteroatoms. The number of anilines is 2. The van der Waals surface area contributed by atoms with Crippen LogP contribution in [0.3, 0.4) is 0 Å². The molecule has 1 aromatic carbocycles. The molecule has 1 aromatic heterocycles. The molecule has 1 aliphatic rings. The molecule has 0 saturated carbocycles. The highest BCUT2D eigenvalue weighted by molar-refractivity contribution is 6.05. The van der Waals surface area contributed by atoms with Gasteiger partial charge >= 0.3 is 5.97 Å². The maximum absolute atomic E-state index is 11.8. The third-order valence-electron chi connectivity index (χ3n) is 4.58. The van der Waals surface area contributed by atoms with E-state index in [-0.39, 0.29) is 11.5 Å². The number of nitriles is 1. The molecule has 0 radical (unpaired) electrons. The molecule has 2 heterocycles. The van der Waals surface area contributed by atoms with Crippen LogP contribution in [0, 0.1) is 11.3 Å². The molecule has 1 saturated heterocycles. The monoisotopic (exact) mass is 367 g/mol. The van der Waals surface area contributed by atoms with E-state index in [4.69, 9.17) is 5.26 Å². The Labute approximate surface area is 157 Å². The minimum Gasteiger partial charge on any atom is -0.478 e. The van der Waals surface area contributed by atoms with Crippen molar-refractivity contribution in [2.24, 2.45) is 0 Å². The SMILES string of the molecule is CC(=O)Nc1ccc2nc(N3CCN(CCC#N)CC3)cc(C(=O)O)c2c1. The summed E-state index contributed by atoms with van der Waals surface area (Å²) in [5.41, 5.74) is 1.28. The minimum atomic E-state index is -1.03. The number of aromatic carboxylic acids is 1. The van der Waals surface area contributed by atoms with Crippen LogP contribution in [-0.2, 0) is 4.79 Å². The average molecular weight is 367 g/mol. The maximum atomic E-state index is 11.8. The van der Waals surface area contributed by atoms with E-state index >= 15 is 0 Å². The highest BCUT2D eigenvalue weighted by atomic mass is 16.4. The Bertz CT molecular complexity index is 913. The van der Waals surface area contributed by atoms with Crippen LogP contribution in [0.15, 0.2) is 24.3 Å². The van der Waals surface area contributed by atoms with Gasteiger partial charge in [0.2, 0.25) is 5.91 Å². The van der Waals surface area contributed by atoms with Crippen LogP contribution in [0.25, 0.3) is 10.9 Å². The quantitative estimate of drug-likeness (QED) is 0.831. The third kappa shape index (κ3) is 4.33. The number of amides is 1. The molecule has 0 aliphatic carbocycles. The number of nitrogens with one attached hydrogen (secondary N) is 1. The fourth-order valence-electron chi connectivity index (χ4n) is 3.24. The van der Waals surface area contributed by atoms with Gasteiger partial charge in [0, 0.05) is 57.1 Å². The summed E-state index contributed by atoms with van der Waals surface area (Å²) >= 11 is 0. The molecule has 3 rings (SSSR count).